The number of benzene rings is 5. The Balaban J connectivity index is 1.43. The lowest BCUT2D eigenvalue weighted by Crippen LogP contribution is -1.90. The van der Waals surface area contributed by atoms with Crippen molar-refractivity contribution < 1.29 is 0 Å². The van der Waals surface area contributed by atoms with E-state index in [9.17, 15) is 0 Å². The summed E-state index contributed by atoms with van der Waals surface area (Å²) in [5, 5.41) is 8.91. The number of hydrogen-bond donors (Lipinski definition) is 1. The molecule has 0 saturated heterocycles. The van der Waals surface area contributed by atoms with Crippen LogP contribution in [-0.4, -0.2) is 0 Å². The van der Waals surface area contributed by atoms with E-state index in [0.29, 0.717) is 0 Å². The quantitative estimate of drug-likeness (QED) is 0.313. The lowest BCUT2D eigenvalue weighted by molar-refractivity contribution is 1.57. The fourth-order valence-electron chi connectivity index (χ4n) is 4.16. The first-order chi connectivity index (χ1) is 14.9. The van der Waals surface area contributed by atoms with Crippen LogP contribution in [0.15, 0.2) is 109 Å². The predicted octanol–water partition coefficient (Wildman–Crippen LogP) is 8.62. The maximum absolute atomic E-state index is 3.65. The Morgan fingerprint density at radius 1 is 0.467 bits per heavy atom. The topological polar surface area (TPSA) is 12.0 Å². The van der Waals surface area contributed by atoms with Crippen LogP contribution in [0.5, 0.6) is 0 Å². The van der Waals surface area contributed by atoms with E-state index in [2.05, 4.69) is 108 Å². The van der Waals surface area contributed by atoms with Gasteiger partial charge < -0.3 is 5.32 Å². The maximum Gasteiger partial charge on any atom is 0.0590 e. The molecule has 0 radical (unpaired) electrons. The van der Waals surface area contributed by atoms with E-state index in [4.69, 9.17) is 0 Å². The highest BCUT2D eigenvalue weighted by Gasteiger charge is 2.11. The summed E-state index contributed by atoms with van der Waals surface area (Å²) in [6.45, 7) is 0. The molecule has 0 saturated carbocycles. The lowest BCUT2D eigenvalue weighted by Gasteiger charge is -2.09. The molecule has 2 heteroatoms. The van der Waals surface area contributed by atoms with Gasteiger partial charge in [-0.2, -0.15) is 0 Å². The van der Waals surface area contributed by atoms with E-state index in [1.165, 1.54) is 42.1 Å². The van der Waals surface area contributed by atoms with Crippen LogP contribution in [0.25, 0.3) is 42.1 Å². The molecule has 6 aromatic rings. The second-order valence-electron chi connectivity index (χ2n) is 7.52. The minimum absolute atomic E-state index is 1.10. The van der Waals surface area contributed by atoms with Gasteiger partial charge in [0, 0.05) is 21.2 Å². The first kappa shape index (κ1) is 17.3. The van der Waals surface area contributed by atoms with Gasteiger partial charge in [0.05, 0.1) is 10.4 Å². The molecule has 0 fully saturated rings. The van der Waals surface area contributed by atoms with Gasteiger partial charge in [0.1, 0.15) is 0 Å². The van der Waals surface area contributed by atoms with Crippen molar-refractivity contribution >= 4 is 53.7 Å². The van der Waals surface area contributed by atoms with Gasteiger partial charge in [-0.05, 0) is 40.1 Å². The van der Waals surface area contributed by atoms with Crippen LogP contribution in [0.1, 0.15) is 0 Å². The third-order valence-electron chi connectivity index (χ3n) is 5.66. The summed E-state index contributed by atoms with van der Waals surface area (Å²) in [5.74, 6) is 0. The van der Waals surface area contributed by atoms with E-state index in [1.54, 1.807) is 0 Å². The SMILES string of the molecule is c1ccc(-c2ccc(Nc3cccc4c3sc3c5ccccc5ccc43)cc2)cc1. The number of anilines is 2. The van der Waals surface area contributed by atoms with E-state index < -0.39 is 0 Å². The van der Waals surface area contributed by atoms with Gasteiger partial charge in [0.2, 0.25) is 0 Å². The van der Waals surface area contributed by atoms with Crippen LogP contribution in [0.4, 0.5) is 11.4 Å². The number of thiophene rings is 1. The zero-order valence-corrected chi connectivity index (χ0v) is 17.1. The van der Waals surface area contributed by atoms with E-state index in [0.717, 1.165) is 11.4 Å². The summed E-state index contributed by atoms with van der Waals surface area (Å²) in [4.78, 5) is 0. The van der Waals surface area contributed by atoms with Gasteiger partial charge in [0.15, 0.2) is 0 Å². The molecule has 6 rings (SSSR count). The molecule has 1 N–H and O–H groups in total. The van der Waals surface area contributed by atoms with Gasteiger partial charge in [-0.1, -0.05) is 91.0 Å². The molecule has 0 aliphatic carbocycles. The average Bonchev–Trinajstić information content (AvgIpc) is 3.21. The van der Waals surface area contributed by atoms with Gasteiger partial charge in [0.25, 0.3) is 0 Å². The first-order valence-electron chi connectivity index (χ1n) is 10.1. The largest absolute Gasteiger partial charge is 0.354 e. The highest BCUT2D eigenvalue weighted by molar-refractivity contribution is 7.27. The zero-order valence-electron chi connectivity index (χ0n) is 16.3. The summed E-state index contributed by atoms with van der Waals surface area (Å²) in [7, 11) is 0. The Morgan fingerprint density at radius 2 is 1.17 bits per heavy atom. The van der Waals surface area contributed by atoms with Gasteiger partial charge in [-0.15, -0.1) is 11.3 Å². The second-order valence-corrected chi connectivity index (χ2v) is 8.54. The minimum atomic E-state index is 1.10. The Kier molecular flexibility index (Phi) is 4.03. The van der Waals surface area contributed by atoms with Crippen LogP contribution in [0.2, 0.25) is 0 Å². The van der Waals surface area contributed by atoms with E-state index in [-0.39, 0.29) is 0 Å². The zero-order chi connectivity index (χ0) is 19.9. The smallest absolute Gasteiger partial charge is 0.0590 e. The van der Waals surface area contributed by atoms with Crippen LogP contribution >= 0.6 is 11.3 Å². The molecule has 0 amide bonds. The Morgan fingerprint density at radius 3 is 2.03 bits per heavy atom. The Hall–Kier alpha value is -3.62. The summed E-state index contributed by atoms with van der Waals surface area (Å²) in [6.07, 6.45) is 0. The summed E-state index contributed by atoms with van der Waals surface area (Å²) >= 11 is 1.87. The van der Waals surface area contributed by atoms with Crippen LogP contribution in [0.3, 0.4) is 0 Å². The molecule has 1 heterocycles. The maximum atomic E-state index is 3.65. The lowest BCUT2D eigenvalue weighted by atomic mass is 10.1. The molecule has 142 valence electrons. The molecular formula is C28H19NS. The fourth-order valence-corrected chi connectivity index (χ4v) is 5.46. The third kappa shape index (κ3) is 2.85. The first-order valence-corrected chi connectivity index (χ1v) is 10.9. The van der Waals surface area contributed by atoms with E-state index >= 15 is 0 Å². The molecule has 0 aliphatic heterocycles. The molecule has 0 atom stereocenters. The van der Waals surface area contributed by atoms with Crippen molar-refractivity contribution in [1.82, 2.24) is 0 Å². The Bertz CT molecular complexity index is 1490. The minimum Gasteiger partial charge on any atom is -0.354 e. The highest BCUT2D eigenvalue weighted by Crippen LogP contribution is 2.42. The Labute approximate surface area is 179 Å². The number of nitrogens with one attached hydrogen (secondary N) is 1. The highest BCUT2D eigenvalue weighted by atomic mass is 32.1. The molecule has 0 unspecified atom stereocenters. The average molecular weight is 402 g/mol. The van der Waals surface area contributed by atoms with Crippen molar-refractivity contribution in [3.05, 3.63) is 109 Å². The third-order valence-corrected chi connectivity index (χ3v) is 6.95. The fraction of sp³-hybridized carbons (Fsp3) is 0. The van der Waals surface area contributed by atoms with Crippen molar-refractivity contribution in [2.45, 2.75) is 0 Å². The number of hydrogen-bond acceptors (Lipinski definition) is 2. The molecule has 1 aromatic heterocycles. The molecular weight excluding hydrogens is 382 g/mol. The van der Waals surface area contributed by atoms with Crippen molar-refractivity contribution in [1.29, 1.82) is 0 Å². The van der Waals surface area contributed by atoms with Crippen LogP contribution in [0, 0.1) is 0 Å². The van der Waals surface area contributed by atoms with Crippen molar-refractivity contribution in [2.24, 2.45) is 0 Å². The summed E-state index contributed by atoms with van der Waals surface area (Å²) in [5.41, 5.74) is 4.73. The van der Waals surface area contributed by atoms with Crippen LogP contribution in [-0.2, 0) is 0 Å². The molecule has 0 aliphatic rings. The summed E-state index contributed by atoms with van der Waals surface area (Å²) in [6, 6.07) is 38.8. The summed E-state index contributed by atoms with van der Waals surface area (Å²) < 4.78 is 2.66. The monoisotopic (exact) mass is 401 g/mol. The van der Waals surface area contributed by atoms with Gasteiger partial charge in [-0.25, -0.2) is 0 Å². The second kappa shape index (κ2) is 7.01. The van der Waals surface area contributed by atoms with Crippen molar-refractivity contribution in [3.63, 3.8) is 0 Å². The van der Waals surface area contributed by atoms with E-state index in [1.807, 2.05) is 17.4 Å². The van der Waals surface area contributed by atoms with Crippen molar-refractivity contribution in [2.75, 3.05) is 5.32 Å². The number of fused-ring (bicyclic) bond motifs is 5. The molecule has 1 nitrogen and oxygen atoms in total. The van der Waals surface area contributed by atoms with Gasteiger partial charge in [-0.3, -0.25) is 0 Å². The molecule has 0 bridgehead atoms. The molecule has 0 spiro atoms. The van der Waals surface area contributed by atoms with Gasteiger partial charge >= 0.3 is 0 Å². The normalized spacial score (nSPS) is 11.3. The molecule has 30 heavy (non-hydrogen) atoms. The standard InChI is InChI=1S/C28H19NS/c1-2-7-19(8-3-1)20-13-16-22(17-14-20)29-26-12-6-11-24-25-18-15-21-9-4-5-10-23(21)27(25)30-28(24)26/h1-18,29H. The molecule has 5 aromatic carbocycles. The van der Waals surface area contributed by atoms with Crippen LogP contribution < -0.4 is 5.32 Å². The van der Waals surface area contributed by atoms with Crippen molar-refractivity contribution in [3.8, 4) is 11.1 Å². The number of rotatable bonds is 3. The predicted molar refractivity (Wildman–Crippen MR) is 132 cm³/mol.